The van der Waals surface area contributed by atoms with Crippen LogP contribution in [0.25, 0.3) is 6.08 Å². The van der Waals surface area contributed by atoms with Crippen LogP contribution in [-0.2, 0) is 0 Å². The molecule has 20 heavy (non-hydrogen) atoms. The summed E-state index contributed by atoms with van der Waals surface area (Å²) in [5, 5.41) is 18.2. The highest BCUT2D eigenvalue weighted by molar-refractivity contribution is 5.66. The van der Waals surface area contributed by atoms with E-state index in [4.69, 9.17) is 14.9 Å². The van der Waals surface area contributed by atoms with Crippen LogP contribution in [0.4, 0.5) is 13.2 Å². The Morgan fingerprint density at radius 2 is 1.85 bits per heavy atom. The molecule has 1 heterocycles. The lowest BCUT2D eigenvalue weighted by Crippen LogP contribution is -2.41. The van der Waals surface area contributed by atoms with Crippen LogP contribution in [0.1, 0.15) is 30.9 Å². The van der Waals surface area contributed by atoms with Crippen LogP contribution in [0, 0.1) is 0 Å². The Hall–Kier alpha value is -1.53. The van der Waals surface area contributed by atoms with Crippen LogP contribution < -0.4 is 4.74 Å². The predicted octanol–water partition coefficient (Wildman–Crippen LogP) is 2.83. The summed E-state index contributed by atoms with van der Waals surface area (Å²) < 4.78 is 44.0. The Morgan fingerprint density at radius 1 is 1.20 bits per heavy atom. The zero-order valence-electron chi connectivity index (χ0n) is 11.0. The van der Waals surface area contributed by atoms with E-state index in [0.717, 1.165) is 6.08 Å². The SMILES string of the molecule is CC(C)c1cccc2c1OC(C(F)(F)F)C(C(O)O)=C2. The highest BCUT2D eigenvalue weighted by Gasteiger charge is 2.48. The maximum Gasteiger partial charge on any atom is 0.429 e. The Morgan fingerprint density at radius 3 is 2.35 bits per heavy atom. The largest absolute Gasteiger partial charge is 0.475 e. The highest BCUT2D eigenvalue weighted by Crippen LogP contribution is 2.41. The molecule has 1 aromatic rings. The van der Waals surface area contributed by atoms with Crippen LogP contribution in [0.15, 0.2) is 23.8 Å². The van der Waals surface area contributed by atoms with Gasteiger partial charge in [0.15, 0.2) is 6.29 Å². The molecule has 2 rings (SSSR count). The van der Waals surface area contributed by atoms with E-state index in [1.54, 1.807) is 18.2 Å². The number of halogens is 3. The molecule has 1 aromatic carbocycles. The van der Waals surface area contributed by atoms with Gasteiger partial charge in [-0.2, -0.15) is 13.2 Å². The normalized spacial score (nSPS) is 18.9. The fourth-order valence-electron chi connectivity index (χ4n) is 2.18. The summed E-state index contributed by atoms with van der Waals surface area (Å²) in [6.45, 7) is 3.70. The molecule has 1 aliphatic rings. The topological polar surface area (TPSA) is 49.7 Å². The van der Waals surface area contributed by atoms with Gasteiger partial charge in [-0.15, -0.1) is 0 Å². The molecular formula is C14H15F3O3. The van der Waals surface area contributed by atoms with Crippen LogP contribution >= 0.6 is 0 Å². The minimum absolute atomic E-state index is 0.00664. The number of benzene rings is 1. The van der Waals surface area contributed by atoms with Gasteiger partial charge >= 0.3 is 6.18 Å². The molecule has 1 unspecified atom stereocenters. The summed E-state index contributed by atoms with van der Waals surface area (Å²) in [5.74, 6) is 0.141. The first-order chi connectivity index (χ1) is 9.21. The van der Waals surface area contributed by atoms with Gasteiger partial charge in [0.05, 0.1) is 0 Å². The van der Waals surface area contributed by atoms with Gasteiger partial charge in [-0.05, 0) is 17.6 Å². The fraction of sp³-hybridized carbons (Fsp3) is 0.429. The minimum atomic E-state index is -4.71. The summed E-state index contributed by atoms with van der Waals surface area (Å²) in [6.07, 6.45) is -8.13. The van der Waals surface area contributed by atoms with Crippen LogP contribution in [0.2, 0.25) is 0 Å². The van der Waals surface area contributed by atoms with E-state index in [2.05, 4.69) is 0 Å². The van der Waals surface area contributed by atoms with Crippen molar-refractivity contribution in [1.82, 2.24) is 0 Å². The van der Waals surface area contributed by atoms with E-state index in [1.165, 1.54) is 0 Å². The van der Waals surface area contributed by atoms with Crippen molar-refractivity contribution in [2.75, 3.05) is 0 Å². The summed E-state index contributed by atoms with van der Waals surface area (Å²) in [7, 11) is 0. The van der Waals surface area contributed by atoms with Gasteiger partial charge in [0, 0.05) is 11.1 Å². The third kappa shape index (κ3) is 2.66. The molecule has 0 aromatic heterocycles. The van der Waals surface area contributed by atoms with Crippen LogP contribution in [0.5, 0.6) is 5.75 Å². The molecule has 0 saturated carbocycles. The first kappa shape index (κ1) is 14.9. The summed E-state index contributed by atoms with van der Waals surface area (Å²) in [5.41, 5.74) is 0.463. The standard InChI is InChI=1S/C14H15F3O3/c1-7(2)9-5-3-4-8-6-10(13(18)19)12(14(15,16)17)20-11(8)9/h3-7,12-13,18-19H,1-2H3. The number of aliphatic hydroxyl groups is 2. The zero-order valence-corrected chi connectivity index (χ0v) is 11.0. The molecule has 0 aliphatic carbocycles. The second kappa shape index (κ2) is 5.10. The molecule has 1 aliphatic heterocycles. The van der Waals surface area contributed by atoms with Gasteiger partial charge in [-0.3, -0.25) is 0 Å². The first-order valence-electron chi connectivity index (χ1n) is 6.15. The Balaban J connectivity index is 2.57. The van der Waals surface area contributed by atoms with Crippen molar-refractivity contribution in [3.8, 4) is 5.75 Å². The Kier molecular flexibility index (Phi) is 3.80. The number of para-hydroxylation sites is 1. The lowest BCUT2D eigenvalue weighted by molar-refractivity contribution is -0.192. The first-order valence-corrected chi connectivity index (χ1v) is 6.15. The lowest BCUT2D eigenvalue weighted by atomic mass is 9.94. The van der Waals surface area contributed by atoms with Crippen molar-refractivity contribution < 1.29 is 28.1 Å². The van der Waals surface area contributed by atoms with E-state index < -0.39 is 24.1 Å². The van der Waals surface area contributed by atoms with Gasteiger partial charge in [0.2, 0.25) is 6.10 Å². The quantitative estimate of drug-likeness (QED) is 0.823. The second-order valence-corrected chi connectivity index (χ2v) is 4.98. The maximum atomic E-state index is 13.0. The van der Waals surface area contributed by atoms with Gasteiger partial charge < -0.3 is 14.9 Å². The zero-order chi connectivity index (χ0) is 15.1. The van der Waals surface area contributed by atoms with Crippen molar-refractivity contribution in [3.63, 3.8) is 0 Å². The van der Waals surface area contributed by atoms with Crippen molar-refractivity contribution in [1.29, 1.82) is 0 Å². The minimum Gasteiger partial charge on any atom is -0.475 e. The molecule has 2 N–H and O–H groups in total. The molecule has 0 radical (unpaired) electrons. The average molecular weight is 288 g/mol. The van der Waals surface area contributed by atoms with E-state index in [0.29, 0.717) is 11.1 Å². The van der Waals surface area contributed by atoms with Gasteiger partial charge in [0.1, 0.15) is 5.75 Å². The van der Waals surface area contributed by atoms with E-state index >= 15 is 0 Å². The predicted molar refractivity (Wildman–Crippen MR) is 67.2 cm³/mol. The number of hydrogen-bond donors (Lipinski definition) is 2. The molecule has 0 spiro atoms. The average Bonchev–Trinajstić information content (AvgIpc) is 2.35. The number of alkyl halides is 3. The number of fused-ring (bicyclic) bond motifs is 1. The number of rotatable bonds is 2. The van der Waals surface area contributed by atoms with Crippen molar-refractivity contribution in [2.45, 2.75) is 38.3 Å². The van der Waals surface area contributed by atoms with Gasteiger partial charge in [0.25, 0.3) is 0 Å². The number of ether oxygens (including phenoxy) is 1. The molecule has 110 valence electrons. The molecule has 0 fully saturated rings. The van der Waals surface area contributed by atoms with E-state index in [-0.39, 0.29) is 11.7 Å². The number of aliphatic hydroxyl groups excluding tert-OH is 1. The van der Waals surface area contributed by atoms with Crippen molar-refractivity contribution in [2.24, 2.45) is 0 Å². The second-order valence-electron chi connectivity index (χ2n) is 4.98. The molecular weight excluding hydrogens is 273 g/mol. The summed E-state index contributed by atoms with van der Waals surface area (Å²) in [4.78, 5) is 0. The van der Waals surface area contributed by atoms with Crippen molar-refractivity contribution >= 4 is 6.08 Å². The summed E-state index contributed by atoms with van der Waals surface area (Å²) >= 11 is 0. The van der Waals surface area contributed by atoms with Gasteiger partial charge in [-0.25, -0.2) is 0 Å². The summed E-state index contributed by atoms with van der Waals surface area (Å²) in [6, 6.07) is 4.98. The highest BCUT2D eigenvalue weighted by atomic mass is 19.4. The smallest absolute Gasteiger partial charge is 0.429 e. The fourth-order valence-corrected chi connectivity index (χ4v) is 2.18. The third-order valence-corrected chi connectivity index (χ3v) is 3.15. The van der Waals surface area contributed by atoms with E-state index in [9.17, 15) is 13.2 Å². The molecule has 6 heteroatoms. The Bertz CT molecular complexity index is 533. The third-order valence-electron chi connectivity index (χ3n) is 3.15. The molecule has 0 amide bonds. The molecule has 0 bridgehead atoms. The lowest BCUT2D eigenvalue weighted by Gasteiger charge is -2.31. The number of hydrogen-bond acceptors (Lipinski definition) is 3. The van der Waals surface area contributed by atoms with Gasteiger partial charge in [-0.1, -0.05) is 32.0 Å². The monoisotopic (exact) mass is 288 g/mol. The molecule has 3 nitrogen and oxygen atoms in total. The maximum absolute atomic E-state index is 13.0. The van der Waals surface area contributed by atoms with Crippen LogP contribution in [0.3, 0.4) is 0 Å². The van der Waals surface area contributed by atoms with Crippen molar-refractivity contribution in [3.05, 3.63) is 34.9 Å². The Labute approximate surface area is 114 Å². The van der Waals surface area contributed by atoms with Crippen LogP contribution in [-0.4, -0.2) is 28.8 Å². The molecule has 1 atom stereocenters. The van der Waals surface area contributed by atoms with E-state index in [1.807, 2.05) is 13.8 Å². The molecule has 0 saturated heterocycles.